The van der Waals surface area contributed by atoms with Crippen molar-refractivity contribution in [2.75, 3.05) is 13.1 Å². The zero-order valence-electron chi connectivity index (χ0n) is 14.0. The minimum absolute atomic E-state index is 0.503. The Bertz CT molecular complexity index is 791. The summed E-state index contributed by atoms with van der Waals surface area (Å²) in [6.07, 6.45) is 8.00. The molecule has 4 heteroatoms. The lowest BCUT2D eigenvalue weighted by Crippen LogP contribution is -2.34. The van der Waals surface area contributed by atoms with Crippen molar-refractivity contribution < 1.29 is 4.42 Å². The fourth-order valence-corrected chi connectivity index (χ4v) is 3.77. The quantitative estimate of drug-likeness (QED) is 0.776. The molecule has 124 valence electrons. The molecule has 0 amide bonds. The van der Waals surface area contributed by atoms with Crippen LogP contribution in [0.1, 0.15) is 35.6 Å². The van der Waals surface area contributed by atoms with E-state index in [9.17, 15) is 0 Å². The molecule has 0 aliphatic carbocycles. The van der Waals surface area contributed by atoms with Crippen molar-refractivity contribution in [1.82, 2.24) is 15.1 Å². The van der Waals surface area contributed by atoms with Crippen LogP contribution >= 0.6 is 0 Å². The predicted molar refractivity (Wildman–Crippen MR) is 94.7 cm³/mol. The second-order valence-corrected chi connectivity index (χ2v) is 6.72. The van der Waals surface area contributed by atoms with Gasteiger partial charge in [0.1, 0.15) is 0 Å². The summed E-state index contributed by atoms with van der Waals surface area (Å²) in [7, 11) is 0. The second kappa shape index (κ2) is 6.65. The number of hydrogen-bond acceptors (Lipinski definition) is 3. The van der Waals surface area contributed by atoms with E-state index in [2.05, 4.69) is 52.4 Å². The molecule has 1 atom stereocenters. The first-order valence-corrected chi connectivity index (χ1v) is 8.64. The maximum atomic E-state index is 5.20. The number of aromatic nitrogens is 2. The largest absolute Gasteiger partial charge is 0.472 e. The van der Waals surface area contributed by atoms with Crippen molar-refractivity contribution in [1.29, 1.82) is 0 Å². The molecule has 24 heavy (non-hydrogen) atoms. The lowest BCUT2D eigenvalue weighted by Gasteiger charge is -2.32. The number of piperidine rings is 1. The Labute approximate surface area is 142 Å². The Morgan fingerprint density at radius 3 is 3.00 bits per heavy atom. The highest BCUT2D eigenvalue weighted by molar-refractivity contribution is 5.69. The van der Waals surface area contributed by atoms with E-state index in [-0.39, 0.29) is 0 Å². The average Bonchev–Trinajstić information content (AvgIpc) is 3.27. The molecule has 1 aliphatic rings. The molecule has 1 N–H and O–H groups in total. The van der Waals surface area contributed by atoms with Crippen LogP contribution < -0.4 is 0 Å². The molecule has 0 spiro atoms. The lowest BCUT2D eigenvalue weighted by molar-refractivity contribution is 0.198. The molecule has 3 aromatic rings. The van der Waals surface area contributed by atoms with Crippen molar-refractivity contribution in [3.05, 3.63) is 65.9 Å². The van der Waals surface area contributed by atoms with Gasteiger partial charge < -0.3 is 4.42 Å². The van der Waals surface area contributed by atoms with Gasteiger partial charge in [-0.05, 0) is 43.5 Å². The van der Waals surface area contributed by atoms with Gasteiger partial charge in [-0.1, -0.05) is 24.3 Å². The van der Waals surface area contributed by atoms with Crippen molar-refractivity contribution in [2.45, 2.75) is 32.2 Å². The first-order valence-electron chi connectivity index (χ1n) is 8.64. The Balaban J connectivity index is 1.56. The van der Waals surface area contributed by atoms with E-state index >= 15 is 0 Å². The molecule has 4 nitrogen and oxygen atoms in total. The van der Waals surface area contributed by atoms with Gasteiger partial charge in [0.25, 0.3) is 0 Å². The first-order chi connectivity index (χ1) is 11.8. The van der Waals surface area contributed by atoms with Gasteiger partial charge in [-0.15, -0.1) is 0 Å². The SMILES string of the molecule is Cc1ccccc1-c1cn[nH]c1C1CCCN(Cc2ccoc2)C1. The molecule has 1 fully saturated rings. The van der Waals surface area contributed by atoms with Gasteiger partial charge >= 0.3 is 0 Å². The standard InChI is InChI=1S/C20H23N3O/c1-15-5-2-3-7-18(15)19-11-21-22-20(19)17-6-4-9-23(13-17)12-16-8-10-24-14-16/h2-3,5,7-8,10-11,14,17H,4,6,9,12-13H2,1H3,(H,21,22). The van der Waals surface area contributed by atoms with Crippen molar-refractivity contribution in [3.8, 4) is 11.1 Å². The molecule has 3 heterocycles. The fraction of sp³-hybridized carbons (Fsp3) is 0.350. The van der Waals surface area contributed by atoms with Crippen molar-refractivity contribution in [3.63, 3.8) is 0 Å². The number of nitrogens with one attached hydrogen (secondary N) is 1. The van der Waals surface area contributed by atoms with Crippen LogP contribution in [0.15, 0.2) is 53.5 Å². The number of nitrogens with zero attached hydrogens (tertiary/aromatic N) is 2. The monoisotopic (exact) mass is 321 g/mol. The maximum absolute atomic E-state index is 5.20. The average molecular weight is 321 g/mol. The molecule has 1 saturated heterocycles. The van der Waals surface area contributed by atoms with E-state index < -0.39 is 0 Å². The number of H-pyrrole nitrogens is 1. The molecule has 0 bridgehead atoms. The lowest BCUT2D eigenvalue weighted by atomic mass is 9.89. The summed E-state index contributed by atoms with van der Waals surface area (Å²) in [5.41, 5.74) is 6.36. The van der Waals surface area contributed by atoms with Crippen molar-refractivity contribution >= 4 is 0 Å². The summed E-state index contributed by atoms with van der Waals surface area (Å²) < 4.78 is 5.20. The van der Waals surface area contributed by atoms with Gasteiger partial charge in [-0.3, -0.25) is 10.00 Å². The zero-order chi connectivity index (χ0) is 16.4. The molecule has 1 aliphatic heterocycles. The highest BCUT2D eigenvalue weighted by Gasteiger charge is 2.25. The third kappa shape index (κ3) is 3.02. The molecular weight excluding hydrogens is 298 g/mol. The van der Waals surface area contributed by atoms with Crippen LogP contribution in [0.5, 0.6) is 0 Å². The number of aryl methyl sites for hydroxylation is 1. The number of rotatable bonds is 4. The molecule has 2 aromatic heterocycles. The summed E-state index contributed by atoms with van der Waals surface area (Å²) >= 11 is 0. The van der Waals surface area contributed by atoms with E-state index in [1.165, 1.54) is 40.8 Å². The molecule has 1 unspecified atom stereocenters. The van der Waals surface area contributed by atoms with Crippen LogP contribution in [0.4, 0.5) is 0 Å². The van der Waals surface area contributed by atoms with Gasteiger partial charge in [0.2, 0.25) is 0 Å². The van der Waals surface area contributed by atoms with Gasteiger partial charge in [-0.25, -0.2) is 0 Å². The third-order valence-electron chi connectivity index (χ3n) is 5.00. The van der Waals surface area contributed by atoms with Gasteiger partial charge in [0.05, 0.1) is 18.7 Å². The highest BCUT2D eigenvalue weighted by Crippen LogP contribution is 2.34. The van der Waals surface area contributed by atoms with Crippen LogP contribution in [0, 0.1) is 6.92 Å². The Hall–Kier alpha value is -2.33. The van der Waals surface area contributed by atoms with E-state index in [4.69, 9.17) is 4.42 Å². The fourth-order valence-electron chi connectivity index (χ4n) is 3.77. The van der Waals surface area contributed by atoms with Crippen LogP contribution in [0.3, 0.4) is 0 Å². The predicted octanol–water partition coefficient (Wildman–Crippen LogP) is 4.36. The van der Waals surface area contributed by atoms with Gasteiger partial charge in [-0.2, -0.15) is 5.10 Å². The summed E-state index contributed by atoms with van der Waals surface area (Å²) in [6, 6.07) is 10.6. The molecular formula is C20H23N3O. The Morgan fingerprint density at radius 1 is 1.25 bits per heavy atom. The molecule has 4 rings (SSSR count). The third-order valence-corrected chi connectivity index (χ3v) is 5.00. The van der Waals surface area contributed by atoms with Crippen molar-refractivity contribution in [2.24, 2.45) is 0 Å². The highest BCUT2D eigenvalue weighted by atomic mass is 16.3. The molecule has 0 saturated carbocycles. The van der Waals surface area contributed by atoms with Crippen LogP contribution in [-0.4, -0.2) is 28.2 Å². The van der Waals surface area contributed by atoms with E-state index in [1.54, 1.807) is 6.26 Å². The van der Waals surface area contributed by atoms with Gasteiger partial charge in [0.15, 0.2) is 0 Å². The first kappa shape index (κ1) is 15.2. The maximum Gasteiger partial charge on any atom is 0.0947 e. The van der Waals surface area contributed by atoms with E-state index in [0.717, 1.165) is 19.6 Å². The van der Waals surface area contributed by atoms with E-state index in [1.807, 2.05) is 12.5 Å². The van der Waals surface area contributed by atoms with E-state index in [0.29, 0.717) is 5.92 Å². The summed E-state index contributed by atoms with van der Waals surface area (Å²) in [5, 5.41) is 7.64. The van der Waals surface area contributed by atoms with Gasteiger partial charge in [0, 0.05) is 35.8 Å². The topological polar surface area (TPSA) is 45.1 Å². The number of benzene rings is 1. The number of hydrogen-bond donors (Lipinski definition) is 1. The zero-order valence-corrected chi connectivity index (χ0v) is 14.0. The summed E-state index contributed by atoms with van der Waals surface area (Å²) in [6.45, 7) is 5.33. The molecule has 1 aromatic carbocycles. The minimum Gasteiger partial charge on any atom is -0.472 e. The Kier molecular flexibility index (Phi) is 4.22. The van der Waals surface area contributed by atoms with Crippen LogP contribution in [0.2, 0.25) is 0 Å². The minimum atomic E-state index is 0.503. The summed E-state index contributed by atoms with van der Waals surface area (Å²) in [4.78, 5) is 2.52. The Morgan fingerprint density at radius 2 is 2.17 bits per heavy atom. The number of aromatic amines is 1. The molecule has 0 radical (unpaired) electrons. The van der Waals surface area contributed by atoms with Crippen LogP contribution in [-0.2, 0) is 6.54 Å². The smallest absolute Gasteiger partial charge is 0.0947 e. The second-order valence-electron chi connectivity index (χ2n) is 6.72. The van der Waals surface area contributed by atoms with Crippen LogP contribution in [0.25, 0.3) is 11.1 Å². The summed E-state index contributed by atoms with van der Waals surface area (Å²) in [5.74, 6) is 0.503. The number of likely N-dealkylation sites (tertiary alicyclic amines) is 1. The normalized spacial score (nSPS) is 18.8. The number of furan rings is 1.